The summed E-state index contributed by atoms with van der Waals surface area (Å²) >= 11 is 0. The first kappa shape index (κ1) is 10.9. The fourth-order valence-corrected chi connectivity index (χ4v) is 3.06. The Morgan fingerprint density at radius 1 is 1.27 bits per heavy atom. The lowest BCUT2D eigenvalue weighted by Gasteiger charge is -2.29. The molecule has 86 valence electrons. The van der Waals surface area contributed by atoms with Crippen LogP contribution < -0.4 is 5.73 Å². The second-order valence-electron chi connectivity index (χ2n) is 5.97. The van der Waals surface area contributed by atoms with Gasteiger partial charge in [0.25, 0.3) is 0 Å². The second kappa shape index (κ2) is 3.48. The zero-order valence-corrected chi connectivity index (χ0v) is 9.82. The molecule has 2 N–H and O–H groups in total. The maximum absolute atomic E-state index is 12.0. The van der Waals surface area contributed by atoms with Crippen molar-refractivity contribution in [2.45, 2.75) is 51.7 Å². The number of hydrogen-bond acceptors (Lipinski definition) is 3. The standard InChI is InChI=1S/C12H21NO2/c1-12(2,3)15-11(14)9-7-4-5-8(6-7)10(9)13/h7-10H,4-6,13H2,1-3H3/t7?,8?,9-,10-/m1/s1. The molecule has 0 heterocycles. The minimum Gasteiger partial charge on any atom is -0.460 e. The van der Waals surface area contributed by atoms with E-state index in [4.69, 9.17) is 10.5 Å². The summed E-state index contributed by atoms with van der Waals surface area (Å²) in [5.74, 6) is 0.928. The third-order valence-corrected chi connectivity index (χ3v) is 3.66. The predicted molar refractivity (Wildman–Crippen MR) is 58.1 cm³/mol. The Hall–Kier alpha value is -0.570. The van der Waals surface area contributed by atoms with Crippen LogP contribution >= 0.6 is 0 Å². The fraction of sp³-hybridized carbons (Fsp3) is 0.917. The van der Waals surface area contributed by atoms with Gasteiger partial charge in [0.05, 0.1) is 5.92 Å². The van der Waals surface area contributed by atoms with Crippen LogP contribution in [0.3, 0.4) is 0 Å². The van der Waals surface area contributed by atoms with Crippen molar-refractivity contribution in [1.29, 1.82) is 0 Å². The highest BCUT2D eigenvalue weighted by Crippen LogP contribution is 2.48. The number of rotatable bonds is 1. The number of ether oxygens (including phenoxy) is 1. The number of hydrogen-bond donors (Lipinski definition) is 1. The van der Waals surface area contributed by atoms with Crippen LogP contribution in [-0.4, -0.2) is 17.6 Å². The number of fused-ring (bicyclic) bond motifs is 2. The number of carbonyl (C=O) groups is 1. The highest BCUT2D eigenvalue weighted by atomic mass is 16.6. The van der Waals surface area contributed by atoms with Crippen LogP contribution in [0.2, 0.25) is 0 Å². The zero-order chi connectivity index (χ0) is 11.2. The maximum atomic E-state index is 12.0. The molecule has 0 aliphatic heterocycles. The van der Waals surface area contributed by atoms with Crippen molar-refractivity contribution in [3.63, 3.8) is 0 Å². The van der Waals surface area contributed by atoms with Crippen molar-refractivity contribution in [1.82, 2.24) is 0 Å². The van der Waals surface area contributed by atoms with Gasteiger partial charge in [0.1, 0.15) is 5.60 Å². The Morgan fingerprint density at radius 2 is 1.87 bits per heavy atom. The van der Waals surface area contributed by atoms with Crippen LogP contribution in [0.5, 0.6) is 0 Å². The Kier molecular flexibility index (Phi) is 2.53. The van der Waals surface area contributed by atoms with Gasteiger partial charge in [0.15, 0.2) is 0 Å². The van der Waals surface area contributed by atoms with Crippen LogP contribution in [0.1, 0.15) is 40.0 Å². The van der Waals surface area contributed by atoms with Crippen molar-refractivity contribution in [3.8, 4) is 0 Å². The van der Waals surface area contributed by atoms with E-state index in [1.165, 1.54) is 6.42 Å². The third-order valence-electron chi connectivity index (χ3n) is 3.66. The summed E-state index contributed by atoms with van der Waals surface area (Å²) in [5, 5.41) is 0. The van der Waals surface area contributed by atoms with E-state index in [0.29, 0.717) is 11.8 Å². The topological polar surface area (TPSA) is 52.3 Å². The molecule has 0 amide bonds. The lowest BCUT2D eigenvalue weighted by atomic mass is 9.85. The van der Waals surface area contributed by atoms with Crippen molar-refractivity contribution in [3.05, 3.63) is 0 Å². The molecule has 3 heteroatoms. The molecule has 15 heavy (non-hydrogen) atoms. The van der Waals surface area contributed by atoms with Crippen LogP contribution in [0, 0.1) is 17.8 Å². The van der Waals surface area contributed by atoms with E-state index in [-0.39, 0.29) is 17.9 Å². The summed E-state index contributed by atoms with van der Waals surface area (Å²) in [7, 11) is 0. The predicted octanol–water partition coefficient (Wildman–Crippen LogP) is 1.70. The van der Waals surface area contributed by atoms with Crippen molar-refractivity contribution in [2.75, 3.05) is 0 Å². The van der Waals surface area contributed by atoms with Gasteiger partial charge >= 0.3 is 5.97 Å². The van der Waals surface area contributed by atoms with Crippen LogP contribution in [0.4, 0.5) is 0 Å². The van der Waals surface area contributed by atoms with Crippen molar-refractivity contribution >= 4 is 5.97 Å². The molecule has 0 spiro atoms. The lowest BCUT2D eigenvalue weighted by molar-refractivity contribution is -0.162. The molecule has 2 rings (SSSR count). The molecule has 3 nitrogen and oxygen atoms in total. The summed E-state index contributed by atoms with van der Waals surface area (Å²) in [6.07, 6.45) is 3.48. The van der Waals surface area contributed by atoms with Gasteiger partial charge in [-0.3, -0.25) is 4.79 Å². The largest absolute Gasteiger partial charge is 0.460 e. The Balaban J connectivity index is 2.02. The van der Waals surface area contributed by atoms with E-state index in [9.17, 15) is 4.79 Å². The molecular weight excluding hydrogens is 190 g/mol. The molecule has 0 radical (unpaired) electrons. The summed E-state index contributed by atoms with van der Waals surface area (Å²) in [6, 6.07) is 0.0404. The molecule has 0 aromatic carbocycles. The van der Waals surface area contributed by atoms with Crippen molar-refractivity contribution < 1.29 is 9.53 Å². The minimum absolute atomic E-state index is 0.0389. The van der Waals surface area contributed by atoms with Gasteiger partial charge in [0, 0.05) is 6.04 Å². The van der Waals surface area contributed by atoms with E-state index in [0.717, 1.165) is 12.8 Å². The summed E-state index contributed by atoms with van der Waals surface area (Å²) in [5.41, 5.74) is 5.69. The first-order valence-corrected chi connectivity index (χ1v) is 5.87. The smallest absolute Gasteiger partial charge is 0.311 e. The number of carbonyl (C=O) groups excluding carboxylic acids is 1. The van der Waals surface area contributed by atoms with Gasteiger partial charge < -0.3 is 10.5 Å². The highest BCUT2D eigenvalue weighted by molar-refractivity contribution is 5.75. The molecule has 4 atom stereocenters. The minimum atomic E-state index is -0.390. The SMILES string of the molecule is CC(C)(C)OC(=O)[C@@H]1C2CCC(C2)[C@H]1N. The number of esters is 1. The fourth-order valence-electron chi connectivity index (χ4n) is 3.06. The first-order chi connectivity index (χ1) is 6.88. The van der Waals surface area contributed by atoms with Crippen LogP contribution in [-0.2, 0) is 9.53 Å². The van der Waals surface area contributed by atoms with Gasteiger partial charge in [-0.25, -0.2) is 0 Å². The van der Waals surface area contributed by atoms with Gasteiger partial charge in [-0.15, -0.1) is 0 Å². The molecule has 2 aliphatic carbocycles. The van der Waals surface area contributed by atoms with Crippen molar-refractivity contribution in [2.24, 2.45) is 23.5 Å². The monoisotopic (exact) mass is 211 g/mol. The highest BCUT2D eigenvalue weighted by Gasteiger charge is 2.50. The molecular formula is C12H21NO2. The first-order valence-electron chi connectivity index (χ1n) is 5.87. The average Bonchev–Trinajstić information content (AvgIpc) is 2.59. The molecule has 0 aromatic heterocycles. The molecule has 2 fully saturated rings. The zero-order valence-electron chi connectivity index (χ0n) is 9.82. The van der Waals surface area contributed by atoms with E-state index in [1.807, 2.05) is 20.8 Å². The molecule has 2 saturated carbocycles. The lowest BCUT2D eigenvalue weighted by Crippen LogP contribution is -2.43. The van der Waals surface area contributed by atoms with Gasteiger partial charge in [0.2, 0.25) is 0 Å². The maximum Gasteiger partial charge on any atom is 0.311 e. The molecule has 2 unspecified atom stereocenters. The summed E-state index contributed by atoms with van der Waals surface area (Å²) in [6.45, 7) is 5.72. The van der Waals surface area contributed by atoms with Gasteiger partial charge in [-0.1, -0.05) is 0 Å². The molecule has 0 aromatic rings. The Bertz CT molecular complexity index is 267. The summed E-state index contributed by atoms with van der Waals surface area (Å²) in [4.78, 5) is 12.0. The van der Waals surface area contributed by atoms with Gasteiger partial charge in [-0.05, 0) is 51.9 Å². The Morgan fingerprint density at radius 3 is 2.33 bits per heavy atom. The molecule has 2 bridgehead atoms. The Labute approximate surface area is 91.4 Å². The second-order valence-corrected chi connectivity index (χ2v) is 5.97. The quantitative estimate of drug-likeness (QED) is 0.672. The molecule has 2 aliphatic rings. The third kappa shape index (κ3) is 2.03. The summed E-state index contributed by atoms with van der Waals surface area (Å²) < 4.78 is 5.43. The number of nitrogens with two attached hydrogens (primary N) is 1. The van der Waals surface area contributed by atoms with Gasteiger partial charge in [-0.2, -0.15) is 0 Å². The molecule has 0 saturated heterocycles. The van der Waals surface area contributed by atoms with E-state index in [2.05, 4.69) is 0 Å². The van der Waals surface area contributed by atoms with E-state index < -0.39 is 5.60 Å². The normalized spacial score (nSPS) is 39.5. The average molecular weight is 211 g/mol. The van der Waals surface area contributed by atoms with Crippen LogP contribution in [0.25, 0.3) is 0 Å². The van der Waals surface area contributed by atoms with E-state index >= 15 is 0 Å². The van der Waals surface area contributed by atoms with Crippen LogP contribution in [0.15, 0.2) is 0 Å². The van der Waals surface area contributed by atoms with E-state index in [1.54, 1.807) is 0 Å².